The second-order valence-electron chi connectivity index (χ2n) is 4.33. The number of aromatic nitrogens is 2. The molecule has 0 unspecified atom stereocenters. The van der Waals surface area contributed by atoms with Crippen LogP contribution < -0.4 is 0 Å². The predicted molar refractivity (Wildman–Crippen MR) is 78.3 cm³/mol. The van der Waals surface area contributed by atoms with Crippen molar-refractivity contribution in [2.24, 2.45) is 0 Å². The fraction of sp³-hybridized carbons (Fsp3) is 0.0667. The molecule has 0 amide bonds. The van der Waals surface area contributed by atoms with E-state index < -0.39 is 0 Å². The van der Waals surface area contributed by atoms with Crippen molar-refractivity contribution >= 4 is 32.7 Å². The Bertz CT molecular complexity index is 748. The molecule has 1 aromatic carbocycles. The summed E-state index contributed by atoms with van der Waals surface area (Å²) in [6.45, 7) is 0. The van der Waals surface area contributed by atoms with Crippen LogP contribution in [0.3, 0.4) is 0 Å². The van der Waals surface area contributed by atoms with Crippen molar-refractivity contribution in [1.82, 2.24) is 9.97 Å². The Morgan fingerprint density at radius 2 is 2.16 bits per heavy atom. The van der Waals surface area contributed by atoms with E-state index >= 15 is 0 Å². The number of ketones is 1. The highest BCUT2D eigenvalue weighted by Gasteiger charge is 2.12. The van der Waals surface area contributed by atoms with Crippen molar-refractivity contribution in [3.63, 3.8) is 0 Å². The first-order valence-electron chi connectivity index (χ1n) is 5.94. The van der Waals surface area contributed by atoms with Gasteiger partial charge in [-0.3, -0.25) is 4.79 Å². The number of carbonyl (C=O) groups is 1. The molecule has 0 bridgehead atoms. The lowest BCUT2D eigenvalue weighted by atomic mass is 10.0. The lowest BCUT2D eigenvalue weighted by Crippen LogP contribution is -2.02. The first-order chi connectivity index (χ1) is 9.24. The highest BCUT2D eigenvalue weighted by molar-refractivity contribution is 9.10. The number of carbonyl (C=O) groups excluding carboxylic acids is 1. The predicted octanol–water partition coefficient (Wildman–Crippen LogP) is 3.75. The zero-order valence-electron chi connectivity index (χ0n) is 10.1. The van der Waals surface area contributed by atoms with E-state index in [2.05, 4.69) is 25.9 Å². The molecule has 0 aliphatic heterocycles. The van der Waals surface area contributed by atoms with Crippen LogP contribution in [0.15, 0.2) is 53.3 Å². The van der Waals surface area contributed by atoms with Crippen molar-refractivity contribution < 1.29 is 4.79 Å². The highest BCUT2D eigenvalue weighted by atomic mass is 79.9. The number of aromatic amines is 1. The van der Waals surface area contributed by atoms with Gasteiger partial charge < -0.3 is 4.98 Å². The van der Waals surface area contributed by atoms with Crippen molar-refractivity contribution in [3.05, 3.63) is 64.4 Å². The number of rotatable bonds is 3. The molecule has 0 radical (unpaired) electrons. The summed E-state index contributed by atoms with van der Waals surface area (Å²) in [6, 6.07) is 11.5. The van der Waals surface area contributed by atoms with Crippen LogP contribution in [-0.4, -0.2) is 15.8 Å². The molecule has 0 saturated carbocycles. The van der Waals surface area contributed by atoms with Crippen LogP contribution in [-0.2, 0) is 6.42 Å². The van der Waals surface area contributed by atoms with Crippen molar-refractivity contribution in [1.29, 1.82) is 0 Å². The van der Waals surface area contributed by atoms with Crippen LogP contribution in [0.5, 0.6) is 0 Å². The molecule has 94 valence electrons. The Balaban J connectivity index is 1.92. The summed E-state index contributed by atoms with van der Waals surface area (Å²) in [6.07, 6.45) is 3.83. The quantitative estimate of drug-likeness (QED) is 0.748. The maximum absolute atomic E-state index is 12.3. The number of fused-ring (bicyclic) bond motifs is 1. The lowest BCUT2D eigenvalue weighted by molar-refractivity contribution is 0.0994. The number of Topliss-reactive ketones (excluding diaryl/α,β-unsaturated/α-hetero) is 1. The molecule has 3 aromatic rings. The Labute approximate surface area is 118 Å². The van der Waals surface area contributed by atoms with Crippen LogP contribution in [0.25, 0.3) is 11.0 Å². The van der Waals surface area contributed by atoms with E-state index in [-0.39, 0.29) is 5.78 Å². The maximum atomic E-state index is 12.3. The summed E-state index contributed by atoms with van der Waals surface area (Å²) in [5.74, 6) is 0.0948. The second-order valence-corrected chi connectivity index (χ2v) is 5.25. The molecule has 1 N–H and O–H groups in total. The average Bonchev–Trinajstić information content (AvgIpc) is 2.82. The Morgan fingerprint density at radius 3 is 3.00 bits per heavy atom. The van der Waals surface area contributed by atoms with Crippen LogP contribution in [0.1, 0.15) is 15.9 Å². The number of hydrogen-bond donors (Lipinski definition) is 1. The number of H-pyrrole nitrogens is 1. The molecule has 0 fully saturated rings. The molecule has 4 heteroatoms. The normalized spacial score (nSPS) is 10.8. The van der Waals surface area contributed by atoms with Gasteiger partial charge in [-0.05, 0) is 29.8 Å². The number of benzene rings is 1. The first kappa shape index (κ1) is 12.1. The number of nitrogens with zero attached hydrogens (tertiary/aromatic N) is 1. The largest absolute Gasteiger partial charge is 0.345 e. The summed E-state index contributed by atoms with van der Waals surface area (Å²) in [5.41, 5.74) is 2.45. The van der Waals surface area contributed by atoms with E-state index in [1.54, 1.807) is 12.4 Å². The third kappa shape index (κ3) is 2.44. The zero-order chi connectivity index (χ0) is 13.2. The summed E-state index contributed by atoms with van der Waals surface area (Å²) >= 11 is 3.41. The minimum atomic E-state index is 0.0948. The van der Waals surface area contributed by atoms with Crippen molar-refractivity contribution in [2.75, 3.05) is 0 Å². The molecule has 2 aromatic heterocycles. The molecule has 0 saturated heterocycles. The summed E-state index contributed by atoms with van der Waals surface area (Å²) in [5, 5.41) is 0.877. The summed E-state index contributed by atoms with van der Waals surface area (Å²) in [4.78, 5) is 19.6. The molecular weight excluding hydrogens is 304 g/mol. The van der Waals surface area contributed by atoms with E-state index in [0.29, 0.717) is 12.0 Å². The van der Waals surface area contributed by atoms with Gasteiger partial charge in [-0.25, -0.2) is 4.98 Å². The maximum Gasteiger partial charge on any atom is 0.169 e. The van der Waals surface area contributed by atoms with E-state index in [1.165, 1.54) is 0 Å². The minimum absolute atomic E-state index is 0.0948. The Hall–Kier alpha value is -1.94. The molecule has 3 rings (SSSR count). The van der Waals surface area contributed by atoms with E-state index in [1.807, 2.05) is 36.4 Å². The zero-order valence-corrected chi connectivity index (χ0v) is 11.6. The van der Waals surface area contributed by atoms with Crippen molar-refractivity contribution in [2.45, 2.75) is 6.42 Å². The van der Waals surface area contributed by atoms with Gasteiger partial charge in [-0.15, -0.1) is 0 Å². The van der Waals surface area contributed by atoms with Crippen LogP contribution in [0, 0.1) is 0 Å². The lowest BCUT2D eigenvalue weighted by Gasteiger charge is -2.01. The Kier molecular flexibility index (Phi) is 3.17. The Morgan fingerprint density at radius 1 is 1.26 bits per heavy atom. The molecule has 19 heavy (non-hydrogen) atoms. The molecule has 0 aliphatic carbocycles. The third-order valence-electron chi connectivity index (χ3n) is 3.01. The van der Waals surface area contributed by atoms with Crippen LogP contribution >= 0.6 is 15.9 Å². The number of nitrogens with one attached hydrogen (secondary N) is 1. The summed E-state index contributed by atoms with van der Waals surface area (Å²) in [7, 11) is 0. The van der Waals surface area contributed by atoms with E-state index in [4.69, 9.17) is 0 Å². The van der Waals surface area contributed by atoms with Gasteiger partial charge in [0.25, 0.3) is 0 Å². The molecule has 2 heterocycles. The monoisotopic (exact) mass is 314 g/mol. The topological polar surface area (TPSA) is 45.8 Å². The second kappa shape index (κ2) is 4.97. The van der Waals surface area contributed by atoms with Gasteiger partial charge in [-0.1, -0.05) is 28.1 Å². The average molecular weight is 315 g/mol. The molecule has 0 atom stereocenters. The van der Waals surface area contributed by atoms with Crippen LogP contribution in [0.2, 0.25) is 0 Å². The number of halogens is 1. The van der Waals surface area contributed by atoms with Gasteiger partial charge >= 0.3 is 0 Å². The van der Waals surface area contributed by atoms with Crippen molar-refractivity contribution in [3.8, 4) is 0 Å². The molecular formula is C15H11BrN2O. The van der Waals surface area contributed by atoms with Gasteiger partial charge in [0, 0.05) is 34.2 Å². The van der Waals surface area contributed by atoms with E-state index in [0.717, 1.165) is 21.1 Å². The summed E-state index contributed by atoms with van der Waals surface area (Å²) < 4.78 is 0.985. The molecule has 3 nitrogen and oxygen atoms in total. The SMILES string of the molecule is O=C(Cc1cccc(Br)c1)c1c[nH]c2ncccc12. The highest BCUT2D eigenvalue weighted by Crippen LogP contribution is 2.19. The molecule has 0 spiro atoms. The molecule has 0 aliphatic rings. The standard InChI is InChI=1S/C15H11BrN2O/c16-11-4-1-3-10(7-11)8-14(19)13-9-18-15-12(13)5-2-6-17-15/h1-7,9H,8H2,(H,17,18). The first-order valence-corrected chi connectivity index (χ1v) is 6.73. The van der Waals surface area contributed by atoms with Gasteiger partial charge in [0.05, 0.1) is 0 Å². The van der Waals surface area contributed by atoms with Gasteiger partial charge in [0.1, 0.15) is 5.65 Å². The smallest absolute Gasteiger partial charge is 0.169 e. The van der Waals surface area contributed by atoms with Crippen LogP contribution in [0.4, 0.5) is 0 Å². The minimum Gasteiger partial charge on any atom is -0.345 e. The third-order valence-corrected chi connectivity index (χ3v) is 3.50. The van der Waals surface area contributed by atoms with E-state index in [9.17, 15) is 4.79 Å². The fourth-order valence-electron chi connectivity index (χ4n) is 2.11. The number of pyridine rings is 1. The van der Waals surface area contributed by atoms with Gasteiger partial charge in [-0.2, -0.15) is 0 Å². The van der Waals surface area contributed by atoms with Gasteiger partial charge in [0.15, 0.2) is 5.78 Å². The number of hydrogen-bond acceptors (Lipinski definition) is 2. The fourth-order valence-corrected chi connectivity index (χ4v) is 2.56. The van der Waals surface area contributed by atoms with Gasteiger partial charge in [0.2, 0.25) is 0 Å².